The molecule has 3 rings (SSSR count). The summed E-state index contributed by atoms with van der Waals surface area (Å²) >= 11 is 0. The Hall–Kier alpha value is -2.82. The first kappa shape index (κ1) is 19.9. The average molecular weight is 381 g/mol. The number of amides is 1. The molecule has 0 heterocycles. The van der Waals surface area contributed by atoms with Crippen LogP contribution >= 0.6 is 0 Å². The zero-order chi connectivity index (χ0) is 19.8. The predicted octanol–water partition coefficient (Wildman–Crippen LogP) is 4.02. The van der Waals surface area contributed by atoms with Gasteiger partial charge in [-0.15, -0.1) is 0 Å². The summed E-state index contributed by atoms with van der Waals surface area (Å²) in [7, 11) is 1.62. The minimum absolute atomic E-state index is 0.259. The van der Waals surface area contributed by atoms with Gasteiger partial charge in [0, 0.05) is 6.42 Å². The van der Waals surface area contributed by atoms with Gasteiger partial charge in [-0.2, -0.15) is 0 Å². The quantitative estimate of drug-likeness (QED) is 0.702. The van der Waals surface area contributed by atoms with Gasteiger partial charge in [0.25, 0.3) is 5.91 Å². The highest BCUT2D eigenvalue weighted by Gasteiger charge is 2.21. The second-order valence-corrected chi connectivity index (χ2v) is 7.20. The number of rotatable bonds is 8. The summed E-state index contributed by atoms with van der Waals surface area (Å²) in [4.78, 5) is 24.4. The molecule has 1 amide bonds. The fraction of sp³-hybridized carbons (Fsp3) is 0.391. The van der Waals surface area contributed by atoms with Crippen LogP contribution in [0.4, 0.5) is 0 Å². The SMILES string of the molecule is COc1ccc([C@@H](NC(=O)COC(=O)CC2CCCC2)c2ccccc2)cc1. The number of benzene rings is 2. The van der Waals surface area contributed by atoms with E-state index in [1.165, 1.54) is 12.8 Å². The van der Waals surface area contributed by atoms with Crippen molar-refractivity contribution in [2.75, 3.05) is 13.7 Å². The third kappa shape index (κ3) is 5.59. The fourth-order valence-electron chi connectivity index (χ4n) is 3.66. The normalized spacial score (nSPS) is 15.0. The third-order valence-corrected chi connectivity index (χ3v) is 5.18. The van der Waals surface area contributed by atoms with Crippen molar-refractivity contribution in [2.45, 2.75) is 38.1 Å². The lowest BCUT2D eigenvalue weighted by Gasteiger charge is -2.20. The van der Waals surface area contributed by atoms with E-state index < -0.39 is 0 Å². The van der Waals surface area contributed by atoms with Crippen molar-refractivity contribution in [1.29, 1.82) is 0 Å². The van der Waals surface area contributed by atoms with Gasteiger partial charge in [0.2, 0.25) is 0 Å². The molecule has 5 heteroatoms. The molecule has 0 bridgehead atoms. The monoisotopic (exact) mass is 381 g/mol. The number of hydrogen-bond acceptors (Lipinski definition) is 4. The molecule has 0 aromatic heterocycles. The molecule has 2 aromatic rings. The predicted molar refractivity (Wildman–Crippen MR) is 107 cm³/mol. The summed E-state index contributed by atoms with van der Waals surface area (Å²) in [6.45, 7) is -0.259. The summed E-state index contributed by atoms with van der Waals surface area (Å²) < 4.78 is 10.4. The van der Waals surface area contributed by atoms with Crippen LogP contribution in [0.15, 0.2) is 54.6 Å². The van der Waals surface area contributed by atoms with Crippen LogP contribution in [0.5, 0.6) is 5.75 Å². The van der Waals surface area contributed by atoms with Gasteiger partial charge >= 0.3 is 5.97 Å². The van der Waals surface area contributed by atoms with Crippen LogP contribution in [0.1, 0.15) is 49.3 Å². The molecule has 1 N–H and O–H groups in total. The van der Waals surface area contributed by atoms with Crippen molar-refractivity contribution in [3.63, 3.8) is 0 Å². The van der Waals surface area contributed by atoms with Gasteiger partial charge in [0.15, 0.2) is 6.61 Å². The topological polar surface area (TPSA) is 64.6 Å². The zero-order valence-corrected chi connectivity index (χ0v) is 16.2. The molecule has 1 saturated carbocycles. The molecule has 0 aliphatic heterocycles. The Morgan fingerprint density at radius 2 is 1.64 bits per heavy atom. The fourth-order valence-corrected chi connectivity index (χ4v) is 3.66. The number of hydrogen-bond donors (Lipinski definition) is 1. The largest absolute Gasteiger partial charge is 0.497 e. The first-order chi connectivity index (χ1) is 13.7. The molecular weight excluding hydrogens is 354 g/mol. The number of ether oxygens (including phenoxy) is 2. The molecule has 28 heavy (non-hydrogen) atoms. The van der Waals surface area contributed by atoms with E-state index in [0.29, 0.717) is 12.3 Å². The number of carbonyl (C=O) groups excluding carboxylic acids is 2. The molecule has 1 atom stereocenters. The molecule has 0 saturated heterocycles. The van der Waals surface area contributed by atoms with Gasteiger partial charge < -0.3 is 14.8 Å². The lowest BCUT2D eigenvalue weighted by atomic mass is 9.98. The second kappa shape index (κ2) is 9.93. The van der Waals surface area contributed by atoms with Crippen LogP contribution in [-0.4, -0.2) is 25.6 Å². The Bertz CT molecular complexity index is 767. The Morgan fingerprint density at radius 1 is 1.00 bits per heavy atom. The van der Waals surface area contributed by atoms with Crippen LogP contribution in [-0.2, 0) is 14.3 Å². The van der Waals surface area contributed by atoms with Crippen molar-refractivity contribution in [3.05, 3.63) is 65.7 Å². The van der Waals surface area contributed by atoms with Crippen molar-refractivity contribution < 1.29 is 19.1 Å². The number of nitrogens with one attached hydrogen (secondary N) is 1. The van der Waals surface area contributed by atoms with Crippen LogP contribution in [0.2, 0.25) is 0 Å². The van der Waals surface area contributed by atoms with Crippen LogP contribution in [0, 0.1) is 5.92 Å². The van der Waals surface area contributed by atoms with Gasteiger partial charge in [-0.05, 0) is 42.0 Å². The third-order valence-electron chi connectivity index (χ3n) is 5.18. The maximum absolute atomic E-state index is 12.5. The maximum Gasteiger partial charge on any atom is 0.306 e. The first-order valence-electron chi connectivity index (χ1n) is 9.79. The molecule has 1 aliphatic carbocycles. The van der Waals surface area contributed by atoms with Gasteiger partial charge in [0.1, 0.15) is 5.75 Å². The van der Waals surface area contributed by atoms with E-state index in [1.54, 1.807) is 7.11 Å². The lowest BCUT2D eigenvalue weighted by Crippen LogP contribution is -2.33. The highest BCUT2D eigenvalue weighted by molar-refractivity contribution is 5.81. The van der Waals surface area contributed by atoms with Crippen molar-refractivity contribution in [3.8, 4) is 5.75 Å². The molecule has 148 valence electrons. The summed E-state index contributed by atoms with van der Waals surface area (Å²) in [5.74, 6) is 0.557. The Balaban J connectivity index is 1.61. The van der Waals surface area contributed by atoms with Gasteiger partial charge in [0.05, 0.1) is 13.2 Å². The van der Waals surface area contributed by atoms with E-state index in [4.69, 9.17) is 9.47 Å². The van der Waals surface area contributed by atoms with Crippen molar-refractivity contribution >= 4 is 11.9 Å². The van der Waals surface area contributed by atoms with Crippen LogP contribution in [0.3, 0.4) is 0 Å². The second-order valence-electron chi connectivity index (χ2n) is 7.20. The van der Waals surface area contributed by atoms with Crippen molar-refractivity contribution in [2.24, 2.45) is 5.92 Å². The standard InChI is InChI=1S/C23H27NO4/c1-27-20-13-11-19(12-14-20)23(18-9-3-2-4-10-18)24-21(25)16-28-22(26)15-17-7-5-6-8-17/h2-4,9-14,17,23H,5-8,15-16H2,1H3,(H,24,25)/t23-/m0/s1. The first-order valence-corrected chi connectivity index (χ1v) is 9.79. The number of carbonyl (C=O) groups is 2. The molecule has 2 aromatic carbocycles. The van der Waals surface area contributed by atoms with Gasteiger partial charge in [-0.1, -0.05) is 55.3 Å². The molecule has 1 aliphatic rings. The summed E-state index contributed by atoms with van der Waals surface area (Å²) in [6, 6.07) is 16.9. The minimum Gasteiger partial charge on any atom is -0.497 e. The number of methoxy groups -OCH3 is 1. The summed E-state index contributed by atoms with van der Waals surface area (Å²) in [5, 5.41) is 2.98. The molecule has 0 unspecified atom stereocenters. The minimum atomic E-state index is -0.326. The van der Waals surface area contributed by atoms with E-state index in [2.05, 4.69) is 5.32 Å². The Labute approximate surface area is 166 Å². The van der Waals surface area contributed by atoms with Crippen LogP contribution in [0.25, 0.3) is 0 Å². The van der Waals surface area contributed by atoms with Crippen LogP contribution < -0.4 is 10.1 Å². The maximum atomic E-state index is 12.5. The highest BCUT2D eigenvalue weighted by Crippen LogP contribution is 2.28. The molecule has 5 nitrogen and oxygen atoms in total. The van der Waals surface area contributed by atoms with E-state index in [1.807, 2.05) is 54.6 Å². The summed E-state index contributed by atoms with van der Waals surface area (Å²) in [5.41, 5.74) is 1.89. The highest BCUT2D eigenvalue weighted by atomic mass is 16.5. The molecular formula is C23H27NO4. The molecule has 0 spiro atoms. The van der Waals surface area contributed by atoms with E-state index in [-0.39, 0.29) is 24.5 Å². The summed E-state index contributed by atoms with van der Waals surface area (Å²) in [6.07, 6.45) is 4.93. The molecule has 1 fully saturated rings. The Kier molecular flexibility index (Phi) is 7.06. The van der Waals surface area contributed by atoms with Gasteiger partial charge in [-0.3, -0.25) is 9.59 Å². The van der Waals surface area contributed by atoms with Gasteiger partial charge in [-0.25, -0.2) is 0 Å². The van der Waals surface area contributed by atoms with Crippen molar-refractivity contribution in [1.82, 2.24) is 5.32 Å². The lowest BCUT2D eigenvalue weighted by molar-refractivity contribution is -0.149. The average Bonchev–Trinajstić information content (AvgIpc) is 3.24. The van der Waals surface area contributed by atoms with E-state index in [0.717, 1.165) is 29.7 Å². The smallest absolute Gasteiger partial charge is 0.306 e. The van der Waals surface area contributed by atoms with E-state index >= 15 is 0 Å². The zero-order valence-electron chi connectivity index (χ0n) is 16.2. The number of esters is 1. The molecule has 0 radical (unpaired) electrons. The Morgan fingerprint density at radius 3 is 2.29 bits per heavy atom. The van der Waals surface area contributed by atoms with E-state index in [9.17, 15) is 9.59 Å².